The van der Waals surface area contributed by atoms with Crippen LogP contribution in [0.1, 0.15) is 20.8 Å². The molecule has 5 aliphatic rings. The molecule has 0 saturated carbocycles. The lowest BCUT2D eigenvalue weighted by atomic mass is 9.94. The van der Waals surface area contributed by atoms with E-state index in [1.54, 1.807) is 0 Å². The summed E-state index contributed by atoms with van der Waals surface area (Å²) in [6, 6.07) is -4.81. The number of amides is 3. The third-order valence-corrected chi connectivity index (χ3v) is 11.5. The largest absolute Gasteiger partial charge is 0.394 e. The van der Waals surface area contributed by atoms with Crippen molar-refractivity contribution in [2.75, 3.05) is 33.0 Å². The van der Waals surface area contributed by atoms with Crippen LogP contribution < -0.4 is 16.0 Å². The van der Waals surface area contributed by atoms with Gasteiger partial charge in [0.15, 0.2) is 31.5 Å². The average Bonchev–Trinajstić information content (AvgIpc) is 3.25. The van der Waals surface area contributed by atoms with Gasteiger partial charge in [-0.15, -0.1) is 0 Å². The molecule has 0 radical (unpaired) electrons. The van der Waals surface area contributed by atoms with Crippen molar-refractivity contribution >= 4 is 17.7 Å². The standard InChI is InChI=1S/C36H61N3O26/c1-9(44)37-17-24(51)29(14(6-42)58-32(17)56)64-36-28(55)31(22(49)16(62-36)8-57-33-18(38-10(2)45)23(50)20(47)12(4-40)59-33)65-34-19(39-11(3)46)25(52)30(15(7-43)61-34)63-35-27(54)26(53)21(48)13(5-41)60-35/h12-36,40-43,47-56H,4-8H2,1-3H3,(H,37,44)(H,38,45)(H,39,46)/t12-,13-,14-,15-,16-,17-,18-,19-,20-,21+,22+,23-,24-,25-,26+,27-,28-,29-,30-,31+,32?,33-,34+,35+,36+/m1/s1. The molecular formula is C36H61N3O26. The van der Waals surface area contributed by atoms with Crippen LogP contribution >= 0.6 is 0 Å². The minimum atomic E-state index is -2.19. The van der Waals surface area contributed by atoms with Gasteiger partial charge in [0.25, 0.3) is 0 Å². The maximum Gasteiger partial charge on any atom is 0.217 e. The van der Waals surface area contributed by atoms with Gasteiger partial charge in [-0.1, -0.05) is 0 Å². The zero-order valence-electron chi connectivity index (χ0n) is 35.1. The Balaban J connectivity index is 1.46. The van der Waals surface area contributed by atoms with Crippen LogP contribution in [-0.4, -0.2) is 276 Å². The number of nitrogens with one attached hydrogen (secondary N) is 3. The molecule has 0 aromatic carbocycles. The first-order chi connectivity index (χ1) is 30.7. The van der Waals surface area contributed by atoms with Crippen molar-refractivity contribution in [1.29, 1.82) is 0 Å². The molecule has 5 rings (SSSR count). The van der Waals surface area contributed by atoms with Crippen LogP contribution in [0, 0.1) is 0 Å². The number of ether oxygens (including phenoxy) is 9. The van der Waals surface area contributed by atoms with Crippen LogP contribution in [0.2, 0.25) is 0 Å². The molecule has 5 aliphatic heterocycles. The van der Waals surface area contributed by atoms with Gasteiger partial charge in [0.2, 0.25) is 17.7 Å². The van der Waals surface area contributed by atoms with E-state index in [9.17, 15) is 85.9 Å². The van der Waals surface area contributed by atoms with Gasteiger partial charge in [-0.3, -0.25) is 14.4 Å². The molecule has 376 valence electrons. The number of hydrogen-bond acceptors (Lipinski definition) is 26. The van der Waals surface area contributed by atoms with E-state index in [2.05, 4.69) is 16.0 Å². The van der Waals surface area contributed by atoms with Crippen molar-refractivity contribution in [2.24, 2.45) is 0 Å². The summed E-state index contributed by atoms with van der Waals surface area (Å²) in [7, 11) is 0. The Morgan fingerprint density at radius 2 is 0.800 bits per heavy atom. The zero-order valence-corrected chi connectivity index (χ0v) is 35.1. The summed E-state index contributed by atoms with van der Waals surface area (Å²) < 4.78 is 51.6. The number of carbonyl (C=O) groups is 3. The van der Waals surface area contributed by atoms with Gasteiger partial charge in [-0.25, -0.2) is 0 Å². The number of aliphatic hydroxyl groups is 14. The van der Waals surface area contributed by atoms with Crippen molar-refractivity contribution in [2.45, 2.75) is 174 Å². The van der Waals surface area contributed by atoms with Crippen LogP contribution in [-0.2, 0) is 57.0 Å². The maximum atomic E-state index is 12.5. The number of hydrogen-bond donors (Lipinski definition) is 17. The first-order valence-electron chi connectivity index (χ1n) is 20.6. The van der Waals surface area contributed by atoms with Gasteiger partial charge in [0.1, 0.15) is 122 Å². The molecule has 0 aromatic heterocycles. The molecule has 29 heteroatoms. The fraction of sp³-hybridized carbons (Fsp3) is 0.917. The number of aliphatic hydroxyl groups excluding tert-OH is 14. The topological polar surface area (TPSA) is 454 Å². The van der Waals surface area contributed by atoms with Gasteiger partial charge in [0.05, 0.1) is 33.0 Å². The molecule has 0 aromatic rings. The van der Waals surface area contributed by atoms with E-state index in [4.69, 9.17) is 42.6 Å². The summed E-state index contributed by atoms with van der Waals surface area (Å²) in [4.78, 5) is 36.5. The van der Waals surface area contributed by atoms with Crippen molar-refractivity contribution in [3.63, 3.8) is 0 Å². The SMILES string of the molecule is CC(=O)N[C@H]1[C@H](O[C@H]2[C@@H](O)[C@@H](CO[C@@H]3O[C@H](CO)[C@@H](O)[C@H](O)[C@H]3NC(C)=O)O[C@@H](O[C@H]3[C@H](O)[C@@H](NC(C)=O)C(O)O[C@@H]3CO)[C@@H]2O)O[C@H](CO)[C@@H](O[C@@H]2O[C@H](CO)[C@H](O)[C@H](O)[C@H]2O)[C@@H]1O. The molecule has 0 bridgehead atoms. The summed E-state index contributed by atoms with van der Waals surface area (Å²) in [5.74, 6) is -2.26. The van der Waals surface area contributed by atoms with Gasteiger partial charge in [-0.2, -0.15) is 0 Å². The summed E-state index contributed by atoms with van der Waals surface area (Å²) in [6.07, 6.45) is -40.2. The predicted octanol–water partition coefficient (Wildman–Crippen LogP) is -11.5. The highest BCUT2D eigenvalue weighted by Crippen LogP contribution is 2.35. The molecule has 5 heterocycles. The zero-order chi connectivity index (χ0) is 48.2. The van der Waals surface area contributed by atoms with Crippen molar-refractivity contribution in [3.8, 4) is 0 Å². The highest BCUT2D eigenvalue weighted by molar-refractivity contribution is 5.74. The Bertz CT molecular complexity index is 1560. The lowest BCUT2D eigenvalue weighted by molar-refractivity contribution is -0.380. The summed E-state index contributed by atoms with van der Waals surface area (Å²) >= 11 is 0. The third-order valence-electron chi connectivity index (χ3n) is 11.5. The van der Waals surface area contributed by atoms with Crippen LogP contribution in [0.3, 0.4) is 0 Å². The second kappa shape index (κ2) is 23.2. The third kappa shape index (κ3) is 12.0. The number of rotatable bonds is 16. The molecule has 25 atom stereocenters. The van der Waals surface area contributed by atoms with Crippen LogP contribution in [0.5, 0.6) is 0 Å². The Hall–Kier alpha value is -2.51. The van der Waals surface area contributed by atoms with Gasteiger partial charge in [0, 0.05) is 20.8 Å². The molecule has 0 aliphatic carbocycles. The first-order valence-corrected chi connectivity index (χ1v) is 20.6. The Morgan fingerprint density at radius 3 is 1.32 bits per heavy atom. The fourth-order valence-corrected chi connectivity index (χ4v) is 8.14. The molecule has 5 fully saturated rings. The average molecular weight is 952 g/mol. The van der Waals surface area contributed by atoms with Crippen molar-refractivity contribution < 1.29 is 129 Å². The van der Waals surface area contributed by atoms with E-state index in [1.807, 2.05) is 0 Å². The van der Waals surface area contributed by atoms with E-state index >= 15 is 0 Å². The smallest absolute Gasteiger partial charge is 0.217 e. The van der Waals surface area contributed by atoms with Gasteiger partial charge >= 0.3 is 0 Å². The lowest BCUT2D eigenvalue weighted by Gasteiger charge is -2.50. The minimum absolute atomic E-state index is 0.709. The van der Waals surface area contributed by atoms with E-state index in [0.29, 0.717) is 0 Å². The van der Waals surface area contributed by atoms with Gasteiger partial charge in [-0.05, 0) is 0 Å². The highest BCUT2D eigenvalue weighted by atomic mass is 16.8. The maximum absolute atomic E-state index is 12.5. The normalized spacial score (nSPS) is 47.1. The second-order valence-corrected chi connectivity index (χ2v) is 16.2. The van der Waals surface area contributed by atoms with E-state index < -0.39 is 204 Å². The highest BCUT2D eigenvalue weighted by Gasteiger charge is 2.56. The molecule has 1 unspecified atom stereocenters. The quantitative estimate of drug-likeness (QED) is 0.0683. The molecule has 0 spiro atoms. The monoisotopic (exact) mass is 951 g/mol. The molecule has 3 amide bonds. The van der Waals surface area contributed by atoms with Crippen LogP contribution in [0.4, 0.5) is 0 Å². The second-order valence-electron chi connectivity index (χ2n) is 16.2. The molecule has 17 N–H and O–H groups in total. The van der Waals surface area contributed by atoms with E-state index in [0.717, 1.165) is 20.8 Å². The molecule has 5 saturated heterocycles. The van der Waals surface area contributed by atoms with Gasteiger partial charge < -0.3 is 130 Å². The lowest BCUT2D eigenvalue weighted by Crippen LogP contribution is -2.70. The summed E-state index contributed by atoms with van der Waals surface area (Å²) in [5.41, 5.74) is 0. The predicted molar refractivity (Wildman–Crippen MR) is 201 cm³/mol. The molecular weight excluding hydrogens is 890 g/mol. The Kier molecular flexibility index (Phi) is 19.1. The molecule has 65 heavy (non-hydrogen) atoms. The molecule has 29 nitrogen and oxygen atoms in total. The van der Waals surface area contributed by atoms with E-state index in [-0.39, 0.29) is 0 Å². The van der Waals surface area contributed by atoms with Crippen LogP contribution in [0.15, 0.2) is 0 Å². The van der Waals surface area contributed by atoms with E-state index in [1.165, 1.54) is 0 Å². The summed E-state index contributed by atoms with van der Waals surface area (Å²) in [6.45, 7) is -1.26. The minimum Gasteiger partial charge on any atom is -0.394 e. The first kappa shape index (κ1) is 53.4. The van der Waals surface area contributed by atoms with Crippen molar-refractivity contribution in [1.82, 2.24) is 16.0 Å². The number of carbonyl (C=O) groups excluding carboxylic acids is 3. The fourth-order valence-electron chi connectivity index (χ4n) is 8.14. The summed E-state index contributed by atoms with van der Waals surface area (Å²) in [5, 5.41) is 156. The Morgan fingerprint density at radius 1 is 0.400 bits per heavy atom. The van der Waals surface area contributed by atoms with Crippen molar-refractivity contribution in [3.05, 3.63) is 0 Å². The Labute approximate surface area is 369 Å². The van der Waals surface area contributed by atoms with Crippen LogP contribution in [0.25, 0.3) is 0 Å².